The Labute approximate surface area is 94.2 Å². The lowest BCUT2D eigenvalue weighted by atomic mass is 10.2. The molecule has 3 N–H and O–H groups in total. The fraction of sp³-hybridized carbons (Fsp3) is 0.417. The summed E-state index contributed by atoms with van der Waals surface area (Å²) in [4.78, 5) is 11.6. The number of aliphatic hydroxyl groups is 1. The first-order chi connectivity index (χ1) is 7.75. The third-order valence-electron chi connectivity index (χ3n) is 2.75. The van der Waals surface area contributed by atoms with Gasteiger partial charge in [-0.1, -0.05) is 30.3 Å². The van der Waals surface area contributed by atoms with Gasteiger partial charge in [0, 0.05) is 6.42 Å². The van der Waals surface area contributed by atoms with Crippen molar-refractivity contribution in [2.75, 3.05) is 6.54 Å². The molecule has 1 saturated heterocycles. The Morgan fingerprint density at radius 2 is 2.19 bits per heavy atom. The Morgan fingerprint density at radius 3 is 2.81 bits per heavy atom. The molecule has 0 radical (unpaired) electrons. The lowest BCUT2D eigenvalue weighted by Gasteiger charge is -2.07. The van der Waals surface area contributed by atoms with E-state index in [1.807, 2.05) is 35.6 Å². The fourth-order valence-electron chi connectivity index (χ4n) is 1.84. The van der Waals surface area contributed by atoms with Crippen LogP contribution < -0.4 is 5.32 Å². The van der Waals surface area contributed by atoms with Crippen LogP contribution in [0.25, 0.3) is 0 Å². The second-order valence-corrected chi connectivity index (χ2v) is 4.06. The number of carbonyl (C=O) groups is 1. The van der Waals surface area contributed by atoms with Gasteiger partial charge in [-0.15, -0.1) is 0 Å². The van der Waals surface area contributed by atoms with Crippen LogP contribution in [0.4, 0.5) is 0 Å². The summed E-state index contributed by atoms with van der Waals surface area (Å²) in [6.07, 6.45) is 0.113. The van der Waals surface area contributed by atoms with E-state index in [0.29, 0.717) is 19.6 Å². The minimum absolute atomic E-state index is 0.236. The first-order valence-corrected chi connectivity index (χ1v) is 5.47. The fourth-order valence-corrected chi connectivity index (χ4v) is 1.84. The van der Waals surface area contributed by atoms with Crippen molar-refractivity contribution in [1.29, 1.82) is 0 Å². The number of benzene rings is 1. The summed E-state index contributed by atoms with van der Waals surface area (Å²) < 4.78 is 5.18. The molecular weight excluding hydrogens is 206 g/mol. The highest BCUT2D eigenvalue weighted by molar-refractivity contribution is 5.74. The van der Waals surface area contributed by atoms with E-state index in [1.165, 1.54) is 0 Å². The maximum Gasteiger partial charge on any atom is 0.365 e. The van der Waals surface area contributed by atoms with Gasteiger partial charge in [-0.3, -0.25) is 0 Å². The molecule has 2 atom stereocenters. The smallest absolute Gasteiger partial charge is 0.365 e. The van der Waals surface area contributed by atoms with E-state index in [9.17, 15) is 9.90 Å². The average molecular weight is 222 g/mol. The van der Waals surface area contributed by atoms with Gasteiger partial charge in [-0.2, -0.15) is 0 Å². The molecule has 2 rings (SSSR count). The minimum Gasteiger partial charge on any atom is -0.456 e. The van der Waals surface area contributed by atoms with Gasteiger partial charge in [0.1, 0.15) is 19.3 Å². The van der Waals surface area contributed by atoms with E-state index in [1.54, 1.807) is 0 Å². The molecule has 0 aromatic heterocycles. The Morgan fingerprint density at radius 1 is 1.44 bits per heavy atom. The van der Waals surface area contributed by atoms with Crippen molar-refractivity contribution in [1.82, 2.24) is 0 Å². The van der Waals surface area contributed by atoms with E-state index >= 15 is 0 Å². The van der Waals surface area contributed by atoms with Crippen molar-refractivity contribution in [2.24, 2.45) is 0 Å². The lowest BCUT2D eigenvalue weighted by molar-refractivity contribution is -0.661. The maximum absolute atomic E-state index is 11.6. The van der Waals surface area contributed by atoms with Gasteiger partial charge in [0.2, 0.25) is 0 Å². The number of aliphatic hydroxyl groups excluding tert-OH is 1. The normalized spacial score (nSPS) is 24.3. The maximum atomic E-state index is 11.6. The molecule has 1 aliphatic rings. The second kappa shape index (κ2) is 5.09. The Bertz CT molecular complexity index is 353. The Hall–Kier alpha value is -1.39. The van der Waals surface area contributed by atoms with E-state index in [-0.39, 0.29) is 18.1 Å². The van der Waals surface area contributed by atoms with Crippen LogP contribution in [0.1, 0.15) is 12.0 Å². The van der Waals surface area contributed by atoms with E-state index in [0.717, 1.165) is 5.56 Å². The summed E-state index contributed by atoms with van der Waals surface area (Å²) in [6, 6.07) is 9.34. The number of ether oxygens (including phenoxy) is 1. The van der Waals surface area contributed by atoms with Crippen LogP contribution in [-0.4, -0.2) is 29.8 Å². The van der Waals surface area contributed by atoms with Crippen LogP contribution in [-0.2, 0) is 16.1 Å². The third-order valence-corrected chi connectivity index (χ3v) is 2.75. The van der Waals surface area contributed by atoms with Gasteiger partial charge in [-0.25, -0.2) is 4.79 Å². The molecule has 1 aromatic rings. The van der Waals surface area contributed by atoms with E-state index in [2.05, 4.69) is 0 Å². The van der Waals surface area contributed by atoms with Gasteiger partial charge in [0.25, 0.3) is 0 Å². The number of nitrogens with two attached hydrogens (primary N) is 1. The molecule has 1 fully saturated rings. The third kappa shape index (κ3) is 2.81. The van der Waals surface area contributed by atoms with Crippen LogP contribution in [0.3, 0.4) is 0 Å². The molecular formula is C12H16NO3+. The van der Waals surface area contributed by atoms with Crippen LogP contribution in [0.15, 0.2) is 30.3 Å². The number of hydrogen-bond donors (Lipinski definition) is 2. The predicted octanol–water partition coefficient (Wildman–Crippen LogP) is -0.574. The SMILES string of the molecule is O=C(OCc1ccccc1)[C@@H]1C[C@H](O)C[NH2+]1. The molecule has 0 bridgehead atoms. The molecule has 0 spiro atoms. The average Bonchev–Trinajstić information content (AvgIpc) is 2.74. The summed E-state index contributed by atoms with van der Waals surface area (Å²) in [5.41, 5.74) is 0.981. The Balaban J connectivity index is 1.80. The molecule has 16 heavy (non-hydrogen) atoms. The first-order valence-electron chi connectivity index (χ1n) is 5.47. The van der Waals surface area contributed by atoms with Crippen LogP contribution in [0, 0.1) is 0 Å². The van der Waals surface area contributed by atoms with E-state index in [4.69, 9.17) is 4.74 Å². The molecule has 1 aliphatic heterocycles. The second-order valence-electron chi connectivity index (χ2n) is 4.06. The minimum atomic E-state index is -0.380. The number of quaternary nitrogens is 1. The van der Waals surface area contributed by atoms with Crippen molar-refractivity contribution in [3.63, 3.8) is 0 Å². The van der Waals surface area contributed by atoms with Gasteiger partial charge in [-0.05, 0) is 5.56 Å². The topological polar surface area (TPSA) is 63.1 Å². The monoisotopic (exact) mass is 222 g/mol. The molecule has 4 heteroatoms. The standard InChI is InChI=1S/C12H15NO3/c14-10-6-11(13-7-10)12(15)16-8-9-4-2-1-3-5-9/h1-5,10-11,13-14H,6-8H2/p+1/t10-,11-/m0/s1. The number of rotatable bonds is 3. The lowest BCUT2D eigenvalue weighted by Crippen LogP contribution is -2.89. The molecule has 4 nitrogen and oxygen atoms in total. The summed E-state index contributed by atoms with van der Waals surface area (Å²) in [5.74, 6) is -0.236. The molecule has 0 amide bonds. The molecule has 0 unspecified atom stereocenters. The highest BCUT2D eigenvalue weighted by Crippen LogP contribution is 2.05. The van der Waals surface area contributed by atoms with Crippen molar-refractivity contribution >= 4 is 5.97 Å². The summed E-state index contributed by atoms with van der Waals surface area (Å²) in [6.45, 7) is 0.894. The summed E-state index contributed by atoms with van der Waals surface area (Å²) >= 11 is 0. The molecule has 1 aromatic carbocycles. The molecule has 0 saturated carbocycles. The zero-order chi connectivity index (χ0) is 11.4. The zero-order valence-electron chi connectivity index (χ0n) is 9.00. The van der Waals surface area contributed by atoms with Gasteiger partial charge >= 0.3 is 5.97 Å². The largest absolute Gasteiger partial charge is 0.456 e. The summed E-state index contributed by atoms with van der Waals surface area (Å²) in [5, 5.41) is 11.1. The highest BCUT2D eigenvalue weighted by atomic mass is 16.5. The van der Waals surface area contributed by atoms with Gasteiger partial charge < -0.3 is 15.2 Å². The highest BCUT2D eigenvalue weighted by Gasteiger charge is 2.33. The van der Waals surface area contributed by atoms with Crippen LogP contribution in [0.5, 0.6) is 0 Å². The summed E-state index contributed by atoms with van der Waals surface area (Å²) in [7, 11) is 0. The van der Waals surface area contributed by atoms with E-state index < -0.39 is 0 Å². The van der Waals surface area contributed by atoms with Crippen molar-refractivity contribution in [2.45, 2.75) is 25.2 Å². The predicted molar refractivity (Wildman–Crippen MR) is 57.4 cm³/mol. The molecule has 86 valence electrons. The van der Waals surface area contributed by atoms with Gasteiger partial charge in [0.15, 0.2) is 6.04 Å². The van der Waals surface area contributed by atoms with Crippen molar-refractivity contribution < 1.29 is 20.0 Å². The zero-order valence-corrected chi connectivity index (χ0v) is 9.00. The van der Waals surface area contributed by atoms with Crippen LogP contribution in [0.2, 0.25) is 0 Å². The number of esters is 1. The Kier molecular flexibility index (Phi) is 3.54. The van der Waals surface area contributed by atoms with Gasteiger partial charge in [0.05, 0.1) is 0 Å². The first kappa shape index (κ1) is 11.1. The molecule has 0 aliphatic carbocycles. The number of carbonyl (C=O) groups excluding carboxylic acids is 1. The van der Waals surface area contributed by atoms with Crippen molar-refractivity contribution in [3.8, 4) is 0 Å². The van der Waals surface area contributed by atoms with Crippen molar-refractivity contribution in [3.05, 3.63) is 35.9 Å². The quantitative estimate of drug-likeness (QED) is 0.673. The molecule has 1 heterocycles. The van der Waals surface area contributed by atoms with Crippen LogP contribution >= 0.6 is 0 Å². The number of hydrogen-bond acceptors (Lipinski definition) is 3.